The van der Waals surface area contributed by atoms with Crippen LogP contribution in [0.3, 0.4) is 0 Å². The number of nitrogens with zero attached hydrogens (tertiary/aromatic N) is 2. The molecule has 0 unspecified atom stereocenters. The van der Waals surface area contributed by atoms with Gasteiger partial charge in [0, 0.05) is 10.5 Å². The standard InChI is InChI=1S/C19H16N2O2S/c1-4-18(19(22)23)24-13(3)16-10-9-15(17(11-20)21-16)14-8-6-5-7-12(14)2/h4-10H,3H2,1-2H3,(H,22,23)/b18-4-. The number of allylic oxidation sites excluding steroid dienone is 1. The van der Waals surface area contributed by atoms with Crippen LogP contribution < -0.4 is 0 Å². The molecule has 1 aromatic carbocycles. The van der Waals surface area contributed by atoms with E-state index in [-0.39, 0.29) is 4.91 Å². The highest BCUT2D eigenvalue weighted by Crippen LogP contribution is 2.33. The number of carboxylic acids is 1. The van der Waals surface area contributed by atoms with Crippen LogP contribution in [0, 0.1) is 18.3 Å². The molecule has 0 amide bonds. The summed E-state index contributed by atoms with van der Waals surface area (Å²) in [5.74, 6) is -1.01. The molecule has 1 N–H and O–H groups in total. The largest absolute Gasteiger partial charge is 0.477 e. The van der Waals surface area contributed by atoms with Gasteiger partial charge in [-0.25, -0.2) is 9.78 Å². The Morgan fingerprint density at radius 3 is 2.58 bits per heavy atom. The predicted molar refractivity (Wildman–Crippen MR) is 97.1 cm³/mol. The van der Waals surface area contributed by atoms with E-state index in [1.165, 1.54) is 6.08 Å². The van der Waals surface area contributed by atoms with Gasteiger partial charge in [-0.15, -0.1) is 0 Å². The number of carboxylic acid groups (broad SMARTS) is 1. The summed E-state index contributed by atoms with van der Waals surface area (Å²) in [5.41, 5.74) is 3.54. The Morgan fingerprint density at radius 2 is 2.00 bits per heavy atom. The minimum absolute atomic E-state index is 0.170. The number of nitriles is 1. The summed E-state index contributed by atoms with van der Waals surface area (Å²) in [6, 6.07) is 13.5. The first kappa shape index (κ1) is 17.5. The smallest absolute Gasteiger partial charge is 0.342 e. The second-order valence-electron chi connectivity index (χ2n) is 5.00. The molecule has 0 aliphatic heterocycles. The summed E-state index contributed by atoms with van der Waals surface area (Å²) in [7, 11) is 0. The van der Waals surface area contributed by atoms with Gasteiger partial charge in [0.2, 0.25) is 0 Å². The monoisotopic (exact) mass is 336 g/mol. The van der Waals surface area contributed by atoms with Crippen molar-refractivity contribution in [1.82, 2.24) is 4.98 Å². The molecule has 0 spiro atoms. The van der Waals surface area contributed by atoms with Crippen molar-refractivity contribution in [3.05, 3.63) is 70.9 Å². The van der Waals surface area contributed by atoms with Crippen molar-refractivity contribution in [2.75, 3.05) is 0 Å². The molecule has 120 valence electrons. The number of rotatable bonds is 5. The zero-order valence-corrected chi connectivity index (χ0v) is 14.2. The van der Waals surface area contributed by atoms with E-state index in [9.17, 15) is 10.1 Å². The van der Waals surface area contributed by atoms with E-state index in [1.807, 2.05) is 37.3 Å². The summed E-state index contributed by atoms with van der Waals surface area (Å²) in [4.78, 5) is 16.1. The molecular weight excluding hydrogens is 320 g/mol. The van der Waals surface area contributed by atoms with Gasteiger partial charge in [0.15, 0.2) is 0 Å². The minimum Gasteiger partial charge on any atom is -0.477 e. The maximum Gasteiger partial charge on any atom is 0.342 e. The van der Waals surface area contributed by atoms with E-state index >= 15 is 0 Å². The first-order chi connectivity index (χ1) is 11.5. The van der Waals surface area contributed by atoms with Gasteiger partial charge in [-0.2, -0.15) is 5.26 Å². The summed E-state index contributed by atoms with van der Waals surface area (Å²) < 4.78 is 0. The number of aryl methyl sites for hydroxylation is 1. The second kappa shape index (κ2) is 7.62. The zero-order chi connectivity index (χ0) is 17.7. The number of aromatic nitrogens is 1. The quantitative estimate of drug-likeness (QED) is 0.806. The van der Waals surface area contributed by atoms with Gasteiger partial charge in [0.25, 0.3) is 0 Å². The topological polar surface area (TPSA) is 74.0 Å². The Morgan fingerprint density at radius 1 is 1.29 bits per heavy atom. The van der Waals surface area contributed by atoms with Gasteiger partial charge in [-0.05, 0) is 37.1 Å². The fraction of sp³-hybridized carbons (Fsp3) is 0.105. The summed E-state index contributed by atoms with van der Waals surface area (Å²) in [6.07, 6.45) is 1.51. The van der Waals surface area contributed by atoms with Crippen LogP contribution in [0.25, 0.3) is 16.0 Å². The average Bonchev–Trinajstić information content (AvgIpc) is 2.59. The van der Waals surface area contributed by atoms with Crippen molar-refractivity contribution in [3.8, 4) is 17.2 Å². The van der Waals surface area contributed by atoms with Crippen LogP contribution in [0.1, 0.15) is 23.9 Å². The lowest BCUT2D eigenvalue weighted by Crippen LogP contribution is -1.98. The van der Waals surface area contributed by atoms with Crippen molar-refractivity contribution in [1.29, 1.82) is 5.26 Å². The lowest BCUT2D eigenvalue weighted by molar-refractivity contribution is -0.131. The number of benzene rings is 1. The SMILES string of the molecule is C=C(S/C(=C\C)C(=O)O)c1ccc(-c2ccccc2C)c(C#N)n1. The number of thioether (sulfide) groups is 1. The molecule has 0 aliphatic carbocycles. The van der Waals surface area contributed by atoms with E-state index in [0.717, 1.165) is 28.5 Å². The summed E-state index contributed by atoms with van der Waals surface area (Å²) in [5, 5.41) is 18.5. The Bertz CT molecular complexity index is 879. The molecule has 0 saturated carbocycles. The van der Waals surface area contributed by atoms with Gasteiger partial charge < -0.3 is 5.11 Å². The highest BCUT2D eigenvalue weighted by Gasteiger charge is 2.14. The molecule has 0 radical (unpaired) electrons. The first-order valence-corrected chi connectivity index (χ1v) is 8.03. The molecule has 2 aromatic rings. The van der Waals surface area contributed by atoms with Crippen molar-refractivity contribution in [3.63, 3.8) is 0 Å². The van der Waals surface area contributed by atoms with E-state index in [1.54, 1.807) is 13.0 Å². The van der Waals surface area contributed by atoms with Gasteiger partial charge in [-0.3, -0.25) is 0 Å². The van der Waals surface area contributed by atoms with Crippen LogP contribution in [-0.2, 0) is 4.79 Å². The molecule has 0 aliphatic rings. The average molecular weight is 336 g/mol. The van der Waals surface area contributed by atoms with Gasteiger partial charge in [0.05, 0.1) is 10.6 Å². The maximum absolute atomic E-state index is 11.1. The second-order valence-corrected chi connectivity index (χ2v) is 6.14. The molecule has 1 heterocycles. The number of hydrogen-bond acceptors (Lipinski definition) is 4. The Hall–Kier alpha value is -2.84. The molecular formula is C19H16N2O2S. The summed E-state index contributed by atoms with van der Waals surface area (Å²) >= 11 is 1.03. The fourth-order valence-corrected chi connectivity index (χ4v) is 2.89. The van der Waals surface area contributed by atoms with Crippen LogP contribution in [-0.4, -0.2) is 16.1 Å². The lowest BCUT2D eigenvalue weighted by atomic mass is 9.99. The van der Waals surface area contributed by atoms with Crippen LogP contribution in [0.15, 0.2) is 54.0 Å². The van der Waals surface area contributed by atoms with Crippen LogP contribution >= 0.6 is 11.8 Å². The molecule has 0 fully saturated rings. The third-order valence-electron chi connectivity index (χ3n) is 3.43. The van der Waals surface area contributed by atoms with Crippen LogP contribution in [0.5, 0.6) is 0 Å². The van der Waals surface area contributed by atoms with Crippen molar-refractivity contribution >= 4 is 22.6 Å². The van der Waals surface area contributed by atoms with Gasteiger partial charge in [0.1, 0.15) is 11.8 Å². The van der Waals surface area contributed by atoms with E-state index in [2.05, 4.69) is 17.6 Å². The van der Waals surface area contributed by atoms with Crippen LogP contribution in [0.4, 0.5) is 0 Å². The molecule has 5 heteroatoms. The first-order valence-electron chi connectivity index (χ1n) is 7.21. The highest BCUT2D eigenvalue weighted by molar-refractivity contribution is 8.12. The molecule has 24 heavy (non-hydrogen) atoms. The number of hydrogen-bond donors (Lipinski definition) is 1. The molecule has 0 atom stereocenters. The lowest BCUT2D eigenvalue weighted by Gasteiger charge is -2.10. The van der Waals surface area contributed by atoms with Crippen molar-refractivity contribution in [2.45, 2.75) is 13.8 Å². The zero-order valence-electron chi connectivity index (χ0n) is 13.4. The van der Waals surface area contributed by atoms with Crippen molar-refractivity contribution < 1.29 is 9.90 Å². The highest BCUT2D eigenvalue weighted by atomic mass is 32.2. The summed E-state index contributed by atoms with van der Waals surface area (Å²) in [6.45, 7) is 7.51. The fourth-order valence-electron chi connectivity index (χ4n) is 2.20. The molecule has 4 nitrogen and oxygen atoms in total. The van der Waals surface area contributed by atoms with Crippen molar-refractivity contribution in [2.24, 2.45) is 0 Å². The van der Waals surface area contributed by atoms with Gasteiger partial charge in [-0.1, -0.05) is 48.7 Å². The van der Waals surface area contributed by atoms with Crippen LogP contribution in [0.2, 0.25) is 0 Å². The number of aliphatic carboxylic acids is 1. The Labute approximate surface area is 145 Å². The third-order valence-corrected chi connectivity index (χ3v) is 4.51. The number of carbonyl (C=O) groups is 1. The predicted octanol–water partition coefficient (Wildman–Crippen LogP) is 4.62. The van der Waals surface area contributed by atoms with E-state index < -0.39 is 5.97 Å². The Kier molecular flexibility index (Phi) is 5.56. The van der Waals surface area contributed by atoms with Gasteiger partial charge >= 0.3 is 5.97 Å². The normalized spacial score (nSPS) is 11.0. The number of pyridine rings is 1. The molecule has 1 aromatic heterocycles. The van der Waals surface area contributed by atoms with E-state index in [0.29, 0.717) is 16.3 Å². The Balaban J connectivity index is 2.40. The van der Waals surface area contributed by atoms with E-state index in [4.69, 9.17) is 5.11 Å². The maximum atomic E-state index is 11.1. The minimum atomic E-state index is -1.01. The molecule has 0 bridgehead atoms. The molecule has 2 rings (SSSR count). The molecule has 0 saturated heterocycles. The third kappa shape index (κ3) is 3.73.